The lowest BCUT2D eigenvalue weighted by Crippen LogP contribution is -2.53. The fourth-order valence-corrected chi connectivity index (χ4v) is 5.61. The highest BCUT2D eigenvalue weighted by atomic mass is 32.1. The summed E-state index contributed by atoms with van der Waals surface area (Å²) in [5.74, 6) is 1.23. The van der Waals surface area contributed by atoms with E-state index in [9.17, 15) is 0 Å². The topological polar surface area (TPSA) is 40.5 Å². The Hall–Kier alpha value is -2.92. The fraction of sp³-hybridized carbons (Fsp3) is 0.333. The summed E-state index contributed by atoms with van der Waals surface area (Å²) in [6.45, 7) is 4.78. The van der Waals surface area contributed by atoms with Gasteiger partial charge < -0.3 is 4.90 Å². The zero-order valence-electron chi connectivity index (χ0n) is 19.2. The van der Waals surface area contributed by atoms with Crippen LogP contribution < -0.4 is 10.3 Å². The van der Waals surface area contributed by atoms with E-state index in [2.05, 4.69) is 86.1 Å². The van der Waals surface area contributed by atoms with E-state index < -0.39 is 0 Å². The van der Waals surface area contributed by atoms with E-state index in [-0.39, 0.29) is 0 Å². The molecule has 1 aromatic heterocycles. The molecule has 164 valence electrons. The van der Waals surface area contributed by atoms with Crippen LogP contribution in [0, 0.1) is 17.3 Å². The van der Waals surface area contributed by atoms with E-state index in [0.29, 0.717) is 11.3 Å². The van der Waals surface area contributed by atoms with Crippen LogP contribution in [0.3, 0.4) is 0 Å². The lowest BCUT2D eigenvalue weighted by atomic mass is 9.47. The molecule has 0 saturated heterocycles. The zero-order valence-corrected chi connectivity index (χ0v) is 20.0. The summed E-state index contributed by atoms with van der Waals surface area (Å²) >= 11 is 1.60. The number of anilines is 2. The van der Waals surface area contributed by atoms with Crippen LogP contribution >= 0.6 is 11.3 Å². The minimum absolute atomic E-state index is 0.310. The van der Waals surface area contributed by atoms with Gasteiger partial charge in [0.25, 0.3) is 0 Å². The smallest absolute Gasteiger partial charge is 0.203 e. The SMILES string of the molecule is CN(C)c1ccc(C=C2CC3CC(C2=NNc2nc(-c4ccccc4)cs2)C3(C)C)cc1. The summed E-state index contributed by atoms with van der Waals surface area (Å²) in [7, 11) is 4.14. The maximum atomic E-state index is 4.94. The standard InChI is InChI=1S/C27H30N4S/c1-27(2)21-15-20(14-18-10-12-22(13-11-18)31(3)4)25(23(27)16-21)29-30-26-28-24(17-32-26)19-8-6-5-7-9-19/h5-14,17,21,23H,15-16H2,1-4H3,(H,28,30). The highest BCUT2D eigenvalue weighted by Gasteiger charge is 2.54. The molecule has 3 fully saturated rings. The van der Waals surface area contributed by atoms with Gasteiger partial charge in [0.15, 0.2) is 0 Å². The van der Waals surface area contributed by atoms with Crippen molar-refractivity contribution in [2.45, 2.75) is 26.7 Å². The number of benzene rings is 2. The molecule has 32 heavy (non-hydrogen) atoms. The van der Waals surface area contributed by atoms with Gasteiger partial charge >= 0.3 is 0 Å². The van der Waals surface area contributed by atoms with Crippen molar-refractivity contribution in [2.24, 2.45) is 22.4 Å². The highest BCUT2D eigenvalue weighted by molar-refractivity contribution is 7.14. The number of fused-ring (bicyclic) bond motifs is 2. The summed E-state index contributed by atoms with van der Waals surface area (Å²) in [6.07, 6.45) is 4.65. The van der Waals surface area contributed by atoms with Crippen LogP contribution in [0.5, 0.6) is 0 Å². The van der Waals surface area contributed by atoms with E-state index in [0.717, 1.165) is 28.7 Å². The first-order valence-electron chi connectivity index (χ1n) is 11.2. The molecule has 2 bridgehead atoms. The normalized spacial score (nSPS) is 23.8. The van der Waals surface area contributed by atoms with Crippen molar-refractivity contribution in [2.75, 3.05) is 24.4 Å². The van der Waals surface area contributed by atoms with Gasteiger partial charge in [-0.1, -0.05) is 56.3 Å². The molecule has 0 amide bonds. The summed E-state index contributed by atoms with van der Waals surface area (Å²) in [6, 6.07) is 19.0. The molecule has 5 heteroatoms. The van der Waals surface area contributed by atoms with Gasteiger partial charge in [-0.15, -0.1) is 11.3 Å². The van der Waals surface area contributed by atoms with Gasteiger partial charge in [0.1, 0.15) is 0 Å². The maximum Gasteiger partial charge on any atom is 0.203 e. The molecule has 0 aliphatic heterocycles. The van der Waals surface area contributed by atoms with Gasteiger partial charge in [-0.25, -0.2) is 4.98 Å². The molecule has 1 N–H and O–H groups in total. The average molecular weight is 443 g/mol. The monoisotopic (exact) mass is 442 g/mol. The number of nitrogens with one attached hydrogen (secondary N) is 1. The quantitative estimate of drug-likeness (QED) is 0.442. The molecule has 6 rings (SSSR count). The molecule has 3 aromatic rings. The second-order valence-corrected chi connectivity index (χ2v) is 10.5. The Morgan fingerprint density at radius 1 is 1.09 bits per heavy atom. The van der Waals surface area contributed by atoms with E-state index >= 15 is 0 Å². The number of allylic oxidation sites excluding steroid dienone is 1. The van der Waals surface area contributed by atoms with Gasteiger partial charge in [0.05, 0.1) is 11.4 Å². The first kappa shape index (κ1) is 21.0. The molecular formula is C27H30N4S. The van der Waals surface area contributed by atoms with E-state index in [1.165, 1.54) is 29.0 Å². The lowest BCUT2D eigenvalue weighted by Gasteiger charge is -2.57. The molecule has 2 atom stereocenters. The van der Waals surface area contributed by atoms with Crippen molar-refractivity contribution in [1.29, 1.82) is 0 Å². The molecule has 3 aliphatic carbocycles. The minimum Gasteiger partial charge on any atom is -0.378 e. The molecule has 2 aromatic carbocycles. The first-order valence-corrected chi connectivity index (χ1v) is 12.1. The molecule has 3 saturated carbocycles. The van der Waals surface area contributed by atoms with Crippen LogP contribution in [0.1, 0.15) is 32.3 Å². The van der Waals surface area contributed by atoms with Gasteiger partial charge in [-0.3, -0.25) is 5.43 Å². The van der Waals surface area contributed by atoms with Gasteiger partial charge in [-0.05, 0) is 53.5 Å². The predicted molar refractivity (Wildman–Crippen MR) is 137 cm³/mol. The van der Waals surface area contributed by atoms with E-state index in [1.807, 2.05) is 18.2 Å². The number of hydrogen-bond donors (Lipinski definition) is 1. The Kier molecular flexibility index (Phi) is 5.38. The minimum atomic E-state index is 0.310. The van der Waals surface area contributed by atoms with E-state index in [4.69, 9.17) is 10.1 Å². The van der Waals surface area contributed by atoms with Crippen LogP contribution in [-0.4, -0.2) is 24.8 Å². The third kappa shape index (κ3) is 3.86. The summed E-state index contributed by atoms with van der Waals surface area (Å²) in [4.78, 5) is 6.88. The first-order chi connectivity index (χ1) is 15.4. The van der Waals surface area contributed by atoms with Crippen LogP contribution in [0.4, 0.5) is 10.8 Å². The average Bonchev–Trinajstić information content (AvgIpc) is 3.28. The summed E-state index contributed by atoms with van der Waals surface area (Å²) in [5, 5.41) is 7.86. The molecular weight excluding hydrogens is 412 g/mol. The van der Waals surface area contributed by atoms with Crippen molar-refractivity contribution in [3.8, 4) is 11.3 Å². The van der Waals surface area contributed by atoms with Crippen LogP contribution in [0.15, 0.2) is 70.7 Å². The fourth-order valence-electron chi connectivity index (χ4n) is 4.95. The zero-order chi connectivity index (χ0) is 22.3. The molecule has 1 heterocycles. The third-order valence-corrected chi connectivity index (χ3v) is 7.94. The Morgan fingerprint density at radius 3 is 2.53 bits per heavy atom. The van der Waals surface area contributed by atoms with Gasteiger partial charge in [0, 0.05) is 36.6 Å². The molecule has 4 nitrogen and oxygen atoms in total. The third-order valence-electron chi connectivity index (χ3n) is 7.19. The Bertz CT molecular complexity index is 1160. The Labute approximate surface area is 194 Å². The van der Waals surface area contributed by atoms with Crippen molar-refractivity contribution in [3.63, 3.8) is 0 Å². The number of thiazole rings is 1. The van der Waals surface area contributed by atoms with Crippen molar-refractivity contribution < 1.29 is 0 Å². The highest BCUT2D eigenvalue weighted by Crippen LogP contribution is 2.59. The molecule has 0 radical (unpaired) electrons. The van der Waals surface area contributed by atoms with Crippen LogP contribution in [-0.2, 0) is 0 Å². The van der Waals surface area contributed by atoms with Crippen LogP contribution in [0.2, 0.25) is 0 Å². The Balaban J connectivity index is 1.41. The maximum absolute atomic E-state index is 4.94. The molecule has 0 spiro atoms. The number of aromatic nitrogens is 1. The van der Waals surface area contributed by atoms with E-state index in [1.54, 1.807) is 11.3 Å². The van der Waals surface area contributed by atoms with Gasteiger partial charge in [0.2, 0.25) is 5.13 Å². The molecule has 2 unspecified atom stereocenters. The second kappa shape index (κ2) is 8.21. The number of hydrazone groups is 1. The van der Waals surface area contributed by atoms with Crippen molar-refractivity contribution in [1.82, 2.24) is 4.98 Å². The predicted octanol–water partition coefficient (Wildman–Crippen LogP) is 6.79. The summed E-state index contributed by atoms with van der Waals surface area (Å²) < 4.78 is 0. The number of nitrogens with zero attached hydrogens (tertiary/aromatic N) is 3. The van der Waals surface area contributed by atoms with Crippen molar-refractivity contribution in [3.05, 3.63) is 71.1 Å². The largest absolute Gasteiger partial charge is 0.378 e. The number of hydrogen-bond acceptors (Lipinski definition) is 5. The van der Waals surface area contributed by atoms with Crippen LogP contribution in [0.25, 0.3) is 17.3 Å². The van der Waals surface area contributed by atoms with Crippen molar-refractivity contribution >= 4 is 33.9 Å². The molecule has 3 aliphatic rings. The summed E-state index contributed by atoms with van der Waals surface area (Å²) in [5.41, 5.74) is 10.7. The lowest BCUT2D eigenvalue weighted by molar-refractivity contribution is 0.0143. The second-order valence-electron chi connectivity index (χ2n) is 9.68. The van der Waals surface area contributed by atoms with Gasteiger partial charge in [-0.2, -0.15) is 5.10 Å². The number of rotatable bonds is 5. The Morgan fingerprint density at radius 2 is 1.84 bits per heavy atom.